The number of hydrogen-bond donors (Lipinski definition) is 1. The average Bonchev–Trinajstić information content (AvgIpc) is 3.08. The number of carbonyl (C=O) groups is 1. The SMILES string of the molecule is O=C(Oc1ccc(/C=N/NCc2ccccc2)cc1)c1ccc(Br)o1. The summed E-state index contributed by atoms with van der Waals surface area (Å²) in [6.07, 6.45) is 1.71. The highest BCUT2D eigenvalue weighted by molar-refractivity contribution is 9.10. The number of nitrogens with one attached hydrogen (secondary N) is 1. The van der Waals surface area contributed by atoms with Gasteiger partial charge in [0.2, 0.25) is 5.76 Å². The molecule has 3 rings (SSSR count). The van der Waals surface area contributed by atoms with Crippen molar-refractivity contribution in [3.63, 3.8) is 0 Å². The van der Waals surface area contributed by atoms with Crippen molar-refractivity contribution in [2.45, 2.75) is 6.54 Å². The van der Waals surface area contributed by atoms with Crippen LogP contribution in [0.2, 0.25) is 0 Å². The van der Waals surface area contributed by atoms with E-state index in [9.17, 15) is 4.79 Å². The molecule has 1 N–H and O–H groups in total. The Bertz CT molecular complexity index is 858. The van der Waals surface area contributed by atoms with Gasteiger partial charge in [0.1, 0.15) is 5.75 Å². The second-order valence-corrected chi connectivity index (χ2v) is 5.92. The Morgan fingerprint density at radius 1 is 1.08 bits per heavy atom. The second kappa shape index (κ2) is 8.30. The minimum Gasteiger partial charge on any atom is -0.442 e. The van der Waals surface area contributed by atoms with Crippen molar-refractivity contribution in [2.24, 2.45) is 5.10 Å². The molecule has 0 aliphatic carbocycles. The van der Waals surface area contributed by atoms with E-state index in [2.05, 4.69) is 26.5 Å². The van der Waals surface area contributed by atoms with Crippen LogP contribution in [0.25, 0.3) is 0 Å². The van der Waals surface area contributed by atoms with Gasteiger partial charge in [-0.1, -0.05) is 30.3 Å². The number of carbonyl (C=O) groups excluding carboxylic acids is 1. The molecule has 1 aromatic heterocycles. The van der Waals surface area contributed by atoms with Crippen LogP contribution in [0.5, 0.6) is 5.75 Å². The third kappa shape index (κ3) is 5.06. The lowest BCUT2D eigenvalue weighted by atomic mass is 10.2. The standard InChI is InChI=1S/C19H15BrN2O3/c20-18-11-10-17(25-18)19(23)24-16-8-6-15(7-9-16)13-22-21-12-14-4-2-1-3-5-14/h1-11,13,21H,12H2/b22-13+. The lowest BCUT2D eigenvalue weighted by molar-refractivity contribution is 0.0700. The summed E-state index contributed by atoms with van der Waals surface area (Å²) < 4.78 is 10.9. The molecule has 2 aromatic carbocycles. The molecular weight excluding hydrogens is 384 g/mol. The van der Waals surface area contributed by atoms with Crippen LogP contribution in [-0.2, 0) is 6.54 Å². The summed E-state index contributed by atoms with van der Waals surface area (Å²) in [6, 6.07) is 20.2. The van der Waals surface area contributed by atoms with E-state index in [1.807, 2.05) is 42.5 Å². The van der Waals surface area contributed by atoms with Crippen molar-refractivity contribution in [3.05, 3.63) is 88.3 Å². The van der Waals surface area contributed by atoms with Crippen LogP contribution >= 0.6 is 15.9 Å². The largest absolute Gasteiger partial charge is 0.442 e. The van der Waals surface area contributed by atoms with Gasteiger partial charge in [0.25, 0.3) is 0 Å². The van der Waals surface area contributed by atoms with E-state index < -0.39 is 5.97 Å². The quantitative estimate of drug-likeness (QED) is 0.289. The van der Waals surface area contributed by atoms with Crippen LogP contribution in [-0.4, -0.2) is 12.2 Å². The molecule has 3 aromatic rings. The van der Waals surface area contributed by atoms with Gasteiger partial charge >= 0.3 is 5.97 Å². The first-order chi connectivity index (χ1) is 12.2. The van der Waals surface area contributed by atoms with Crippen molar-refractivity contribution in [3.8, 4) is 5.75 Å². The molecule has 0 radical (unpaired) electrons. The first-order valence-corrected chi connectivity index (χ1v) is 8.37. The minimum atomic E-state index is -0.545. The fraction of sp³-hybridized carbons (Fsp3) is 0.0526. The number of furan rings is 1. The normalized spacial score (nSPS) is 10.8. The maximum atomic E-state index is 11.9. The number of benzene rings is 2. The Hall–Kier alpha value is -2.86. The van der Waals surface area contributed by atoms with Crippen molar-refractivity contribution in [2.75, 3.05) is 0 Å². The van der Waals surface area contributed by atoms with E-state index in [0.717, 1.165) is 11.1 Å². The van der Waals surface area contributed by atoms with Gasteiger partial charge in [-0.05, 0) is 63.5 Å². The van der Waals surface area contributed by atoms with E-state index in [1.54, 1.807) is 30.5 Å². The minimum absolute atomic E-state index is 0.141. The zero-order valence-electron chi connectivity index (χ0n) is 13.2. The smallest absolute Gasteiger partial charge is 0.379 e. The Morgan fingerprint density at radius 3 is 2.52 bits per heavy atom. The van der Waals surface area contributed by atoms with Crippen LogP contribution in [0.4, 0.5) is 0 Å². The molecule has 6 heteroatoms. The molecule has 0 amide bonds. The number of hydrazone groups is 1. The van der Waals surface area contributed by atoms with Gasteiger partial charge in [0.05, 0.1) is 12.8 Å². The van der Waals surface area contributed by atoms with Crippen LogP contribution in [0.3, 0.4) is 0 Å². The zero-order chi connectivity index (χ0) is 17.5. The number of rotatable bonds is 6. The van der Waals surface area contributed by atoms with Gasteiger partial charge in [-0.25, -0.2) is 4.79 Å². The maximum Gasteiger partial charge on any atom is 0.379 e. The number of esters is 1. The molecule has 25 heavy (non-hydrogen) atoms. The molecule has 0 aliphatic rings. The first kappa shape index (κ1) is 17.0. The highest BCUT2D eigenvalue weighted by Gasteiger charge is 2.12. The summed E-state index contributed by atoms with van der Waals surface area (Å²) in [5, 5.41) is 4.17. The number of nitrogens with zero attached hydrogens (tertiary/aromatic N) is 1. The zero-order valence-corrected chi connectivity index (χ0v) is 14.8. The van der Waals surface area contributed by atoms with Gasteiger partial charge in [-0.3, -0.25) is 0 Å². The highest BCUT2D eigenvalue weighted by Crippen LogP contribution is 2.17. The van der Waals surface area contributed by atoms with Gasteiger partial charge < -0.3 is 14.6 Å². The van der Waals surface area contributed by atoms with Crippen molar-refractivity contribution in [1.82, 2.24) is 5.43 Å². The molecular formula is C19H15BrN2O3. The maximum absolute atomic E-state index is 11.9. The topological polar surface area (TPSA) is 63.8 Å². The number of ether oxygens (including phenoxy) is 1. The Morgan fingerprint density at radius 2 is 1.84 bits per heavy atom. The van der Waals surface area contributed by atoms with Crippen LogP contribution in [0.15, 0.2) is 80.9 Å². The molecule has 1 heterocycles. The van der Waals surface area contributed by atoms with Crippen LogP contribution in [0, 0.1) is 0 Å². The van der Waals surface area contributed by atoms with Gasteiger partial charge in [0.15, 0.2) is 4.67 Å². The third-order valence-corrected chi connectivity index (χ3v) is 3.72. The van der Waals surface area contributed by atoms with E-state index in [1.165, 1.54) is 0 Å². The lowest BCUT2D eigenvalue weighted by Gasteiger charge is -2.03. The van der Waals surface area contributed by atoms with Gasteiger partial charge in [-0.15, -0.1) is 0 Å². The number of halogens is 1. The molecule has 0 spiro atoms. The Kier molecular flexibility index (Phi) is 5.64. The van der Waals surface area contributed by atoms with E-state index in [4.69, 9.17) is 9.15 Å². The van der Waals surface area contributed by atoms with Crippen molar-refractivity contribution in [1.29, 1.82) is 0 Å². The molecule has 0 unspecified atom stereocenters. The fourth-order valence-corrected chi connectivity index (χ4v) is 2.36. The molecule has 0 saturated heterocycles. The summed E-state index contributed by atoms with van der Waals surface area (Å²) in [5.74, 6) is 0.0335. The monoisotopic (exact) mass is 398 g/mol. The van der Waals surface area contributed by atoms with E-state index >= 15 is 0 Å². The first-order valence-electron chi connectivity index (χ1n) is 7.58. The van der Waals surface area contributed by atoms with Crippen molar-refractivity contribution >= 4 is 28.1 Å². The summed E-state index contributed by atoms with van der Waals surface area (Å²) >= 11 is 3.15. The molecule has 0 aliphatic heterocycles. The average molecular weight is 399 g/mol. The van der Waals surface area contributed by atoms with Crippen molar-refractivity contribution < 1.29 is 13.9 Å². The fourth-order valence-electron chi connectivity index (χ4n) is 2.06. The predicted octanol–water partition coefficient (Wildman–Crippen LogP) is 4.39. The summed E-state index contributed by atoms with van der Waals surface area (Å²) in [6.45, 7) is 0.658. The van der Waals surface area contributed by atoms with Crippen LogP contribution < -0.4 is 10.2 Å². The molecule has 0 saturated carbocycles. The van der Waals surface area contributed by atoms with E-state index in [0.29, 0.717) is 17.0 Å². The Balaban J connectivity index is 1.51. The van der Waals surface area contributed by atoms with Gasteiger partial charge in [0, 0.05) is 0 Å². The van der Waals surface area contributed by atoms with E-state index in [-0.39, 0.29) is 5.76 Å². The number of hydrogen-bond acceptors (Lipinski definition) is 5. The summed E-state index contributed by atoms with van der Waals surface area (Å²) in [7, 11) is 0. The highest BCUT2D eigenvalue weighted by atomic mass is 79.9. The Labute approximate surface area is 153 Å². The predicted molar refractivity (Wildman–Crippen MR) is 98.7 cm³/mol. The summed E-state index contributed by atoms with van der Waals surface area (Å²) in [5.41, 5.74) is 5.04. The molecule has 0 fully saturated rings. The van der Waals surface area contributed by atoms with Gasteiger partial charge in [-0.2, -0.15) is 5.10 Å². The molecule has 0 bridgehead atoms. The summed E-state index contributed by atoms with van der Waals surface area (Å²) in [4.78, 5) is 11.9. The third-order valence-electron chi connectivity index (χ3n) is 3.30. The molecule has 0 atom stereocenters. The van der Waals surface area contributed by atoms with Crippen LogP contribution in [0.1, 0.15) is 21.7 Å². The lowest BCUT2D eigenvalue weighted by Crippen LogP contribution is -2.07. The molecule has 126 valence electrons. The molecule has 5 nitrogen and oxygen atoms in total. The second-order valence-electron chi connectivity index (χ2n) is 5.14.